The monoisotopic (exact) mass is 272 g/mol. The lowest BCUT2D eigenvalue weighted by Gasteiger charge is -1.84. The Bertz CT molecular complexity index is 301. The van der Waals surface area contributed by atoms with Crippen LogP contribution in [-0.4, -0.2) is 5.33 Å². The van der Waals surface area contributed by atoms with Gasteiger partial charge in [0.05, 0.1) is 0 Å². The molecule has 1 aromatic carbocycles. The fraction of sp³-hybridized carbons (Fsp3) is 0.111. The van der Waals surface area contributed by atoms with Crippen LogP contribution in [0.5, 0.6) is 0 Å². The van der Waals surface area contributed by atoms with Crippen molar-refractivity contribution in [3.05, 3.63) is 39.9 Å². The average Bonchev–Trinajstić information content (AvgIpc) is 2.77. The molecular formula is C9H6Br2. The molecule has 56 valence electrons. The van der Waals surface area contributed by atoms with E-state index in [-0.39, 0.29) is 0 Å². The summed E-state index contributed by atoms with van der Waals surface area (Å²) in [4.78, 5) is 0. The van der Waals surface area contributed by atoms with Crippen LogP contribution in [0.15, 0.2) is 28.7 Å². The Balaban J connectivity index is 2.44. The van der Waals surface area contributed by atoms with Crippen molar-refractivity contribution < 1.29 is 0 Å². The molecule has 1 aliphatic carbocycles. The molecule has 2 heteroatoms. The molecule has 0 aliphatic heterocycles. The van der Waals surface area contributed by atoms with Gasteiger partial charge in [0.15, 0.2) is 0 Å². The van der Waals surface area contributed by atoms with Crippen LogP contribution in [0.25, 0.3) is 5.57 Å². The number of alkyl halides is 1. The maximum atomic E-state index is 3.52. The first-order valence-corrected chi connectivity index (χ1v) is 5.30. The van der Waals surface area contributed by atoms with E-state index in [9.17, 15) is 0 Å². The molecule has 0 unspecified atom stereocenters. The van der Waals surface area contributed by atoms with E-state index in [2.05, 4.69) is 56.1 Å². The molecule has 0 amide bonds. The van der Waals surface area contributed by atoms with E-state index in [0.29, 0.717) is 0 Å². The molecule has 0 heterocycles. The summed E-state index contributed by atoms with van der Waals surface area (Å²) < 4.78 is 1.25. The zero-order valence-corrected chi connectivity index (χ0v) is 8.94. The number of benzene rings is 1. The van der Waals surface area contributed by atoms with Crippen LogP contribution >= 0.6 is 31.9 Å². The van der Waals surface area contributed by atoms with Crippen molar-refractivity contribution in [1.29, 1.82) is 0 Å². The fourth-order valence-electron chi connectivity index (χ4n) is 1.23. The molecule has 0 fully saturated rings. The topological polar surface area (TPSA) is 0 Å². The predicted octanol–water partition coefficient (Wildman–Crippen LogP) is 3.55. The van der Waals surface area contributed by atoms with E-state index in [1.165, 1.54) is 21.2 Å². The number of rotatable bonds is 1. The van der Waals surface area contributed by atoms with E-state index >= 15 is 0 Å². The molecule has 0 radical (unpaired) electrons. The fourth-order valence-corrected chi connectivity index (χ4v) is 1.93. The van der Waals surface area contributed by atoms with Gasteiger partial charge in [-0.25, -0.2) is 0 Å². The number of hydrogen-bond donors (Lipinski definition) is 0. The average molecular weight is 274 g/mol. The summed E-state index contributed by atoms with van der Waals surface area (Å²) in [5, 5.41) is 0.900. The lowest BCUT2D eigenvalue weighted by molar-refractivity contribution is 1.77. The van der Waals surface area contributed by atoms with Gasteiger partial charge in [0, 0.05) is 15.4 Å². The highest BCUT2D eigenvalue weighted by Crippen LogP contribution is 2.45. The van der Waals surface area contributed by atoms with Crippen LogP contribution in [0.3, 0.4) is 0 Å². The van der Waals surface area contributed by atoms with E-state index in [4.69, 9.17) is 0 Å². The lowest BCUT2D eigenvalue weighted by atomic mass is 10.4. The van der Waals surface area contributed by atoms with Crippen LogP contribution < -0.4 is 0 Å². The molecule has 0 aromatic heterocycles. The summed E-state index contributed by atoms with van der Waals surface area (Å²) in [6, 6.07) is 8.43. The summed E-state index contributed by atoms with van der Waals surface area (Å²) in [6.07, 6.45) is 0. The molecule has 0 saturated carbocycles. The van der Waals surface area contributed by atoms with Gasteiger partial charge in [0.2, 0.25) is 0 Å². The lowest BCUT2D eigenvalue weighted by Crippen LogP contribution is -1.67. The first-order valence-electron chi connectivity index (χ1n) is 3.39. The largest absolute Gasteiger partial charge is 0.0870 e. The molecule has 2 rings (SSSR count). The normalized spacial score (nSPS) is 12.7. The zero-order valence-electron chi connectivity index (χ0n) is 5.77. The van der Waals surface area contributed by atoms with Gasteiger partial charge in [-0.1, -0.05) is 56.1 Å². The maximum absolute atomic E-state index is 3.52. The Labute approximate surface area is 82.6 Å². The predicted molar refractivity (Wildman–Crippen MR) is 55.2 cm³/mol. The van der Waals surface area contributed by atoms with Gasteiger partial charge >= 0.3 is 0 Å². The summed E-state index contributed by atoms with van der Waals surface area (Å²) in [5.74, 6) is 0. The molecule has 0 spiro atoms. The molecule has 1 aromatic rings. The van der Waals surface area contributed by atoms with Crippen molar-refractivity contribution >= 4 is 37.4 Å². The minimum Gasteiger partial charge on any atom is -0.0870 e. The van der Waals surface area contributed by atoms with Crippen molar-refractivity contribution in [1.82, 2.24) is 0 Å². The van der Waals surface area contributed by atoms with Gasteiger partial charge < -0.3 is 0 Å². The first-order chi connectivity index (χ1) is 5.34. The van der Waals surface area contributed by atoms with Gasteiger partial charge in [-0.3, -0.25) is 0 Å². The van der Waals surface area contributed by atoms with Crippen molar-refractivity contribution in [2.45, 2.75) is 0 Å². The first kappa shape index (κ1) is 7.56. The molecule has 0 nitrogen and oxygen atoms in total. The maximum Gasteiger partial charge on any atom is 0.0355 e. The number of fused-ring (bicyclic) bond motifs is 1. The highest BCUT2D eigenvalue weighted by molar-refractivity contribution is 9.13. The second-order valence-corrected chi connectivity index (χ2v) is 3.98. The van der Waals surface area contributed by atoms with Crippen LogP contribution in [0.2, 0.25) is 0 Å². The summed E-state index contributed by atoms with van der Waals surface area (Å²) in [7, 11) is 0. The van der Waals surface area contributed by atoms with E-state index in [0.717, 1.165) is 5.33 Å². The van der Waals surface area contributed by atoms with Gasteiger partial charge in [0.25, 0.3) is 0 Å². The van der Waals surface area contributed by atoms with E-state index in [1.807, 2.05) is 0 Å². The summed E-state index contributed by atoms with van der Waals surface area (Å²) >= 11 is 6.93. The molecule has 0 atom stereocenters. The van der Waals surface area contributed by atoms with Crippen molar-refractivity contribution in [3.63, 3.8) is 0 Å². The Hall–Kier alpha value is -0.0800. The number of hydrogen-bond acceptors (Lipinski definition) is 0. The minimum atomic E-state index is 0.900. The molecule has 0 bridgehead atoms. The van der Waals surface area contributed by atoms with E-state index < -0.39 is 0 Å². The highest BCUT2D eigenvalue weighted by Gasteiger charge is 2.25. The second kappa shape index (κ2) is 2.76. The van der Waals surface area contributed by atoms with Gasteiger partial charge in [0.1, 0.15) is 0 Å². The van der Waals surface area contributed by atoms with Gasteiger partial charge in [-0.2, -0.15) is 0 Å². The quantitative estimate of drug-likeness (QED) is 0.697. The van der Waals surface area contributed by atoms with Crippen LogP contribution in [0.4, 0.5) is 0 Å². The molecule has 0 N–H and O–H groups in total. The molecule has 11 heavy (non-hydrogen) atoms. The molecular weight excluding hydrogens is 268 g/mol. The van der Waals surface area contributed by atoms with Gasteiger partial charge in [-0.15, -0.1) is 0 Å². The van der Waals surface area contributed by atoms with Crippen molar-refractivity contribution in [2.75, 3.05) is 5.33 Å². The number of halogens is 2. The smallest absolute Gasteiger partial charge is 0.0355 e. The Kier molecular flexibility index (Phi) is 1.90. The third kappa shape index (κ3) is 1.18. The Morgan fingerprint density at radius 2 is 1.73 bits per heavy atom. The van der Waals surface area contributed by atoms with Crippen LogP contribution in [0.1, 0.15) is 11.1 Å². The summed E-state index contributed by atoms with van der Waals surface area (Å²) in [5.41, 5.74) is 4.16. The van der Waals surface area contributed by atoms with Crippen molar-refractivity contribution in [2.24, 2.45) is 0 Å². The Morgan fingerprint density at radius 3 is 2.18 bits per heavy atom. The minimum absolute atomic E-state index is 0.900. The SMILES string of the molecule is BrCC(Br)=C1c2ccccc21. The molecule has 1 aliphatic rings. The molecule has 0 saturated heterocycles. The van der Waals surface area contributed by atoms with E-state index in [1.54, 1.807) is 0 Å². The van der Waals surface area contributed by atoms with Crippen LogP contribution in [0, 0.1) is 0 Å². The second-order valence-electron chi connectivity index (χ2n) is 2.46. The zero-order chi connectivity index (χ0) is 7.84. The van der Waals surface area contributed by atoms with Gasteiger partial charge in [-0.05, 0) is 11.1 Å². The summed E-state index contributed by atoms with van der Waals surface area (Å²) in [6.45, 7) is 0. The standard InChI is InChI=1S/C9H6Br2/c10-5-8(11)9-6-3-1-2-4-7(6)9/h1-4H,5H2. The Morgan fingerprint density at radius 1 is 1.18 bits per heavy atom. The van der Waals surface area contributed by atoms with Crippen LogP contribution in [-0.2, 0) is 0 Å². The third-order valence-electron chi connectivity index (χ3n) is 1.79. The highest BCUT2D eigenvalue weighted by atomic mass is 79.9. The third-order valence-corrected chi connectivity index (χ3v) is 3.78. The van der Waals surface area contributed by atoms with Crippen molar-refractivity contribution in [3.8, 4) is 0 Å². The number of allylic oxidation sites excluding steroid dienone is 1.